The average Bonchev–Trinajstić information content (AvgIpc) is 1.88. The molecule has 0 spiro atoms. The molecule has 1 aromatic heterocycles. The smallest absolute Gasteiger partial charge is 0.490 e. The van der Waals surface area contributed by atoms with Crippen LogP contribution in [0.4, 0.5) is 26.3 Å². The molecule has 5 aromatic rings. The summed E-state index contributed by atoms with van der Waals surface area (Å²) in [4.78, 5) is 134. The Balaban J connectivity index is 0.00000113. The Labute approximate surface area is 524 Å². The van der Waals surface area contributed by atoms with Crippen LogP contribution >= 0.6 is 21.6 Å². The molecule has 496 valence electrons. The molecule has 25 nitrogen and oxygen atoms in total. The molecular formula is C58H71F6N11O14S2. The van der Waals surface area contributed by atoms with Gasteiger partial charge in [-0.3, -0.25) is 38.4 Å². The van der Waals surface area contributed by atoms with Gasteiger partial charge in [-0.25, -0.2) is 9.59 Å². The first-order chi connectivity index (χ1) is 42.7. The molecule has 3 unspecified atom stereocenters. The lowest BCUT2D eigenvalue weighted by molar-refractivity contribution is -0.193. The number of amides is 8. The van der Waals surface area contributed by atoms with E-state index in [-0.39, 0.29) is 49.5 Å². The van der Waals surface area contributed by atoms with Gasteiger partial charge in [-0.05, 0) is 90.7 Å². The first kappa shape index (κ1) is 74.8. The summed E-state index contributed by atoms with van der Waals surface area (Å²) in [6.07, 6.45) is -9.11. The summed E-state index contributed by atoms with van der Waals surface area (Å²) in [7, 11) is 2.03. The Kier molecular flexibility index (Phi) is 28.8. The number of benzene rings is 4. The zero-order chi connectivity index (χ0) is 67.9. The topological polar surface area (TPSA) is 430 Å². The number of alkyl halides is 6. The predicted molar refractivity (Wildman–Crippen MR) is 324 cm³/mol. The van der Waals surface area contributed by atoms with E-state index in [2.05, 4.69) is 42.2 Å². The van der Waals surface area contributed by atoms with Crippen molar-refractivity contribution >= 4 is 102 Å². The second kappa shape index (κ2) is 35.1. The molecule has 1 aliphatic heterocycles. The van der Waals surface area contributed by atoms with Gasteiger partial charge >= 0.3 is 24.3 Å². The Morgan fingerprint density at radius 3 is 1.79 bits per heavy atom. The molecule has 6 rings (SSSR count). The highest BCUT2D eigenvalue weighted by molar-refractivity contribution is 8.76. The number of primary amides is 1. The molecule has 18 N–H and O–H groups in total. The van der Waals surface area contributed by atoms with Crippen molar-refractivity contribution in [1.82, 2.24) is 42.2 Å². The number of hydrogen-bond donors (Lipinski definition) is 15. The van der Waals surface area contributed by atoms with E-state index in [1.54, 1.807) is 32.2 Å². The van der Waals surface area contributed by atoms with Crippen molar-refractivity contribution < 1.29 is 94.7 Å². The van der Waals surface area contributed by atoms with Crippen LogP contribution in [0.25, 0.3) is 21.7 Å². The number of aromatic amines is 1. The number of rotatable bonds is 17. The number of carboxylic acid groups (broad SMARTS) is 2. The van der Waals surface area contributed by atoms with Crippen LogP contribution in [-0.2, 0) is 67.2 Å². The Bertz CT molecular complexity index is 3320. The monoisotopic (exact) mass is 1320 g/mol. The zero-order valence-corrected chi connectivity index (χ0v) is 50.7. The Morgan fingerprint density at radius 2 is 1.21 bits per heavy atom. The van der Waals surface area contributed by atoms with Crippen molar-refractivity contribution in [2.75, 3.05) is 18.1 Å². The van der Waals surface area contributed by atoms with Crippen LogP contribution in [0.15, 0.2) is 97.2 Å². The molecule has 33 heteroatoms. The van der Waals surface area contributed by atoms with Gasteiger partial charge in [0.2, 0.25) is 47.3 Å². The van der Waals surface area contributed by atoms with Crippen molar-refractivity contribution in [3.8, 4) is 5.75 Å². The number of hydrogen-bond acceptors (Lipinski definition) is 16. The normalized spacial score (nSPS) is 20.0. The van der Waals surface area contributed by atoms with Gasteiger partial charge in [0.05, 0.1) is 12.1 Å². The van der Waals surface area contributed by atoms with Crippen molar-refractivity contribution in [3.05, 3.63) is 114 Å². The van der Waals surface area contributed by atoms with Gasteiger partial charge in [-0.1, -0.05) is 108 Å². The highest BCUT2D eigenvalue weighted by atomic mass is 33.1. The van der Waals surface area contributed by atoms with Crippen molar-refractivity contribution in [2.24, 2.45) is 23.1 Å². The number of carbonyl (C=O) groups is 10. The third kappa shape index (κ3) is 24.2. The third-order valence-electron chi connectivity index (χ3n) is 13.6. The summed E-state index contributed by atoms with van der Waals surface area (Å²) in [6, 6.07) is 15.8. The predicted octanol–water partition coefficient (Wildman–Crippen LogP) is 2.09. The van der Waals surface area contributed by atoms with Gasteiger partial charge < -0.3 is 79.8 Å². The van der Waals surface area contributed by atoms with E-state index in [1.165, 1.54) is 19.1 Å². The summed E-state index contributed by atoms with van der Waals surface area (Å²) in [5.74, 6) is -13.2. The second-order valence-electron chi connectivity index (χ2n) is 21.1. The van der Waals surface area contributed by atoms with Crippen LogP contribution in [0.3, 0.4) is 0 Å². The number of aliphatic hydroxyl groups excluding tert-OH is 1. The standard InChI is InChI=1S/C54H69N11O10S2.2C2HF3O2/c1-29(2)45-54(75)63-44(53(74)65-46(30(3)66)47(57)68)28-77-76-27-43(62-48(69)38(56)23-32-15-18-33-10-4-5-11-34(33)22-32)52(73)60-41(24-31-16-19-36(67)20-17-31)50(71)61-42(25-35-26-58-39-13-7-6-12-37(35)39)51(72)59-40(49(70)64-45)14-8-9-21-55;2*3-2(4,5)1(6)7/h4-7,10-13,15-20,22,26,29-30,38,40-46,58,66-67H,8-9,14,21,23-25,27-28,55-56H2,1-3H3,(H2,57,68)(H,59,72)(H,60,73)(H,61,71)(H,62,69)(H,63,75)(H,64,70)(H,65,74);2*(H,6,7)/t30-,38-,40?,41+,42-,43?,44+,45?,46+;;/m1../s1. The van der Waals surface area contributed by atoms with Gasteiger partial charge in [-0.15, -0.1) is 0 Å². The minimum atomic E-state index is -5.08. The Morgan fingerprint density at radius 1 is 0.670 bits per heavy atom. The van der Waals surface area contributed by atoms with E-state index in [0.717, 1.165) is 48.8 Å². The van der Waals surface area contributed by atoms with Gasteiger partial charge in [0.15, 0.2) is 0 Å². The fraction of sp³-hybridized carbons (Fsp3) is 0.414. The number of carboxylic acids is 2. The van der Waals surface area contributed by atoms with Crippen molar-refractivity contribution in [1.29, 1.82) is 0 Å². The largest absolute Gasteiger partial charge is 0.508 e. The molecule has 0 aliphatic carbocycles. The number of aliphatic hydroxyl groups is 1. The number of fused-ring (bicyclic) bond motifs is 2. The lowest BCUT2D eigenvalue weighted by Crippen LogP contribution is -2.62. The summed E-state index contributed by atoms with van der Waals surface area (Å²) in [5, 5.41) is 56.4. The maximum atomic E-state index is 14.9. The van der Waals surface area contributed by atoms with E-state index in [9.17, 15) is 74.9 Å². The molecule has 2 heterocycles. The number of aliphatic carboxylic acids is 2. The van der Waals surface area contributed by atoms with E-state index in [1.807, 2.05) is 66.7 Å². The SMILES string of the molecule is CC(C)C1NC(=O)C(CCCCN)NC(=O)[C@@H](Cc2c[nH]c3ccccc23)NC(=O)[C@H](Cc2ccc(O)cc2)NC(=O)C(NC(=O)[C@H](N)Cc2ccc3ccccc3c2)CSSC[C@@H](C(=O)N[C@H](C(N)=O)[C@@H](C)O)NC1=O.O=C(O)C(F)(F)F.O=C(O)C(F)(F)F. The Hall–Kier alpha value is -8.66. The molecule has 4 aromatic carbocycles. The lowest BCUT2D eigenvalue weighted by atomic mass is 10.00. The number of aromatic hydroxyl groups is 1. The van der Waals surface area contributed by atoms with Gasteiger partial charge in [-0.2, -0.15) is 26.3 Å². The number of nitrogens with one attached hydrogen (secondary N) is 8. The number of phenolic OH excluding ortho intramolecular Hbond substituents is 1. The zero-order valence-electron chi connectivity index (χ0n) is 49.1. The first-order valence-electron chi connectivity index (χ1n) is 27.9. The molecule has 91 heavy (non-hydrogen) atoms. The number of H-pyrrole nitrogens is 1. The molecule has 0 saturated carbocycles. The molecule has 0 radical (unpaired) electrons. The third-order valence-corrected chi connectivity index (χ3v) is 16.0. The minimum absolute atomic E-state index is 0.0501. The van der Waals surface area contributed by atoms with Crippen molar-refractivity contribution in [2.45, 2.75) is 126 Å². The first-order valence-corrected chi connectivity index (χ1v) is 30.4. The van der Waals surface area contributed by atoms with E-state index in [0.29, 0.717) is 24.0 Å². The summed E-state index contributed by atoms with van der Waals surface area (Å²) in [6.45, 7) is 4.85. The molecule has 8 amide bonds. The van der Waals surface area contributed by atoms with Crippen LogP contribution < -0.4 is 54.4 Å². The van der Waals surface area contributed by atoms with E-state index >= 15 is 0 Å². The maximum absolute atomic E-state index is 14.9. The van der Waals surface area contributed by atoms with Crippen LogP contribution in [0.1, 0.15) is 56.7 Å². The number of nitrogens with two attached hydrogens (primary N) is 3. The molecule has 1 aliphatic rings. The number of halogens is 6. The number of phenols is 1. The lowest BCUT2D eigenvalue weighted by Gasteiger charge is -2.29. The number of unbranched alkanes of at least 4 members (excludes halogenated alkanes) is 1. The van der Waals surface area contributed by atoms with Gasteiger partial charge in [0, 0.05) is 41.4 Å². The summed E-state index contributed by atoms with van der Waals surface area (Å²) in [5.41, 5.74) is 20.5. The van der Waals surface area contributed by atoms with Crippen LogP contribution in [0.5, 0.6) is 5.75 Å². The highest BCUT2D eigenvalue weighted by Crippen LogP contribution is 2.25. The number of carbonyl (C=O) groups excluding carboxylic acids is 8. The molecule has 1 fully saturated rings. The van der Waals surface area contributed by atoms with Gasteiger partial charge in [0.1, 0.15) is 48.0 Å². The fourth-order valence-corrected chi connectivity index (χ4v) is 11.0. The number of aromatic nitrogens is 1. The molecule has 9 atom stereocenters. The highest BCUT2D eigenvalue weighted by Gasteiger charge is 2.40. The minimum Gasteiger partial charge on any atom is -0.508 e. The number of para-hydroxylation sites is 1. The van der Waals surface area contributed by atoms with E-state index < -0.39 is 132 Å². The molecular weight excluding hydrogens is 1250 g/mol. The van der Waals surface area contributed by atoms with Crippen LogP contribution in [0.2, 0.25) is 0 Å². The molecule has 1 saturated heterocycles. The average molecular weight is 1320 g/mol. The second-order valence-corrected chi connectivity index (χ2v) is 23.6. The van der Waals surface area contributed by atoms with Crippen molar-refractivity contribution in [3.63, 3.8) is 0 Å². The fourth-order valence-electron chi connectivity index (χ4n) is 8.71. The molecule has 0 bridgehead atoms. The quantitative estimate of drug-likeness (QED) is 0.0360. The van der Waals surface area contributed by atoms with E-state index in [4.69, 9.17) is 37.0 Å². The van der Waals surface area contributed by atoms with Gasteiger partial charge in [0.25, 0.3) is 0 Å². The maximum Gasteiger partial charge on any atom is 0.490 e. The van der Waals surface area contributed by atoms with Crippen LogP contribution in [0, 0.1) is 5.92 Å². The summed E-state index contributed by atoms with van der Waals surface area (Å²) >= 11 is 0. The van der Waals surface area contributed by atoms with Crippen LogP contribution in [-0.4, -0.2) is 169 Å². The summed E-state index contributed by atoms with van der Waals surface area (Å²) < 4.78 is 63.5.